The minimum Gasteiger partial charge on any atom is -0.406 e. The number of sulfone groups is 1. The van der Waals surface area contributed by atoms with Gasteiger partial charge in [0.2, 0.25) is 0 Å². The van der Waals surface area contributed by atoms with E-state index in [1.807, 2.05) is 0 Å². The Morgan fingerprint density at radius 2 is 1.51 bits per heavy atom. The van der Waals surface area contributed by atoms with Crippen LogP contribution in [0.5, 0.6) is 5.75 Å². The van der Waals surface area contributed by atoms with Crippen LogP contribution in [0.1, 0.15) is 17.2 Å². The lowest BCUT2D eigenvalue weighted by Gasteiger charge is -2.16. The molecule has 5 rings (SSSR count). The largest absolute Gasteiger partial charge is 0.573 e. The van der Waals surface area contributed by atoms with Gasteiger partial charge in [0, 0.05) is 18.0 Å². The molecule has 0 atom stereocenters. The molecule has 0 saturated heterocycles. The highest BCUT2D eigenvalue weighted by molar-refractivity contribution is 7.90. The molecule has 0 aliphatic rings. The predicted octanol–water partition coefficient (Wildman–Crippen LogP) is 7.33. The van der Waals surface area contributed by atoms with E-state index in [0.29, 0.717) is 39.5 Å². The Kier molecular flexibility index (Phi) is 7.37. The maximum atomic E-state index is 13.5. The average molecular weight is 621 g/mol. The number of imidazole rings is 1. The van der Waals surface area contributed by atoms with Crippen LogP contribution >= 0.6 is 0 Å². The Bertz CT molecular complexity index is 1930. The van der Waals surface area contributed by atoms with Crippen LogP contribution in [0.25, 0.3) is 33.8 Å². The van der Waals surface area contributed by atoms with Crippen molar-refractivity contribution in [3.8, 4) is 39.5 Å². The lowest BCUT2D eigenvalue weighted by atomic mass is 9.99. The van der Waals surface area contributed by atoms with Gasteiger partial charge in [0.1, 0.15) is 11.6 Å². The number of halogens is 6. The molecule has 5 aromatic rings. The Morgan fingerprint density at radius 3 is 2.12 bits per heavy atom. The van der Waals surface area contributed by atoms with Gasteiger partial charge in [-0.2, -0.15) is 18.3 Å². The molecule has 0 N–H and O–H groups in total. The number of nitrogens with zero attached hydrogens (tertiary/aromatic N) is 4. The van der Waals surface area contributed by atoms with E-state index < -0.39 is 33.8 Å². The molecule has 0 saturated carbocycles. The van der Waals surface area contributed by atoms with Crippen LogP contribution < -0.4 is 4.74 Å². The average Bonchev–Trinajstić information content (AvgIpc) is 3.50. The van der Waals surface area contributed by atoms with Crippen molar-refractivity contribution in [1.29, 1.82) is 0 Å². The van der Waals surface area contributed by atoms with E-state index in [0.717, 1.165) is 24.6 Å². The standard InChI is InChI=1S/C29H22F6N4O3S/c1-17-13-26(39(37-17)21-8-10-22(11-9-21)42-29(33,34)35)24-15-20(19-5-4-6-23(14-19)43(3,40)41)7-12-25(24)38-16-27(28(30,31)32)36-18(38)2/h4-16H,1-3H3. The van der Waals surface area contributed by atoms with E-state index >= 15 is 0 Å². The Morgan fingerprint density at radius 1 is 0.837 bits per heavy atom. The van der Waals surface area contributed by atoms with Gasteiger partial charge in [0.05, 0.1) is 27.7 Å². The molecule has 0 fully saturated rings. The normalized spacial score (nSPS) is 12.5. The summed E-state index contributed by atoms with van der Waals surface area (Å²) in [5.41, 5.74) is 1.97. The molecule has 0 aliphatic heterocycles. The number of ether oxygens (including phenoxy) is 1. The predicted molar refractivity (Wildman–Crippen MR) is 146 cm³/mol. The first kappa shape index (κ1) is 29.9. The summed E-state index contributed by atoms with van der Waals surface area (Å²) < 4.78 is 110. The molecule has 2 heterocycles. The highest BCUT2D eigenvalue weighted by Gasteiger charge is 2.35. The maximum absolute atomic E-state index is 13.5. The number of hydrogen-bond donors (Lipinski definition) is 0. The monoisotopic (exact) mass is 620 g/mol. The minimum absolute atomic E-state index is 0.0526. The van der Waals surface area contributed by atoms with E-state index in [4.69, 9.17) is 0 Å². The Labute approximate surface area is 241 Å². The SMILES string of the molecule is Cc1cc(-c2cc(-c3cccc(S(C)(=O)=O)c3)ccc2-n2cc(C(F)(F)F)nc2C)n(-c2ccc(OC(F)(F)F)cc2)n1. The van der Waals surface area contributed by atoms with Gasteiger partial charge in [0.15, 0.2) is 15.5 Å². The minimum atomic E-state index is -4.88. The summed E-state index contributed by atoms with van der Waals surface area (Å²) in [6.45, 7) is 3.11. The van der Waals surface area contributed by atoms with E-state index in [2.05, 4.69) is 14.8 Å². The quantitative estimate of drug-likeness (QED) is 0.186. The van der Waals surface area contributed by atoms with E-state index in [9.17, 15) is 34.8 Å². The molecule has 43 heavy (non-hydrogen) atoms. The van der Waals surface area contributed by atoms with Gasteiger partial charge < -0.3 is 9.30 Å². The fraction of sp³-hybridized carbons (Fsp3) is 0.172. The molecule has 0 unspecified atom stereocenters. The van der Waals surface area contributed by atoms with Gasteiger partial charge in [0.25, 0.3) is 0 Å². The highest BCUT2D eigenvalue weighted by atomic mass is 32.2. The zero-order valence-corrected chi connectivity index (χ0v) is 23.5. The van der Waals surface area contributed by atoms with Gasteiger partial charge in [-0.25, -0.2) is 18.1 Å². The van der Waals surface area contributed by atoms with E-state index in [-0.39, 0.29) is 10.7 Å². The first-order valence-corrected chi connectivity index (χ1v) is 14.4. The van der Waals surface area contributed by atoms with Crippen molar-refractivity contribution >= 4 is 9.84 Å². The molecule has 0 aliphatic carbocycles. The number of aryl methyl sites for hydroxylation is 2. The zero-order valence-electron chi connectivity index (χ0n) is 22.7. The number of aromatic nitrogens is 4. The summed E-state index contributed by atoms with van der Waals surface area (Å²) >= 11 is 0. The third-order valence-corrected chi connectivity index (χ3v) is 7.56. The smallest absolute Gasteiger partial charge is 0.406 e. The van der Waals surface area contributed by atoms with Crippen molar-refractivity contribution in [3.63, 3.8) is 0 Å². The molecule has 0 bridgehead atoms. The third kappa shape index (κ3) is 6.43. The van der Waals surface area contributed by atoms with E-state index in [1.165, 1.54) is 40.4 Å². The summed E-state index contributed by atoms with van der Waals surface area (Å²) in [5.74, 6) is -0.388. The summed E-state index contributed by atoms with van der Waals surface area (Å²) in [7, 11) is -3.53. The summed E-state index contributed by atoms with van der Waals surface area (Å²) in [6.07, 6.45) is -7.63. The van der Waals surface area contributed by atoms with Crippen molar-refractivity contribution in [2.45, 2.75) is 31.3 Å². The Hall–Kier alpha value is -4.59. The number of alkyl halides is 6. The van der Waals surface area contributed by atoms with Gasteiger partial charge in [-0.1, -0.05) is 18.2 Å². The molecule has 0 radical (unpaired) electrons. The topological polar surface area (TPSA) is 79.0 Å². The lowest BCUT2D eigenvalue weighted by molar-refractivity contribution is -0.274. The van der Waals surface area contributed by atoms with Crippen LogP contribution in [-0.2, 0) is 16.0 Å². The van der Waals surface area contributed by atoms with Crippen LogP contribution in [0.2, 0.25) is 0 Å². The molecule has 7 nitrogen and oxygen atoms in total. The summed E-state index contributed by atoms with van der Waals surface area (Å²) in [5, 5.41) is 4.48. The molecule has 3 aromatic carbocycles. The first-order valence-electron chi connectivity index (χ1n) is 12.5. The van der Waals surface area contributed by atoms with Gasteiger partial charge >= 0.3 is 12.5 Å². The maximum Gasteiger partial charge on any atom is 0.573 e. The van der Waals surface area contributed by atoms with Crippen LogP contribution in [0.15, 0.2) is 83.9 Å². The molecular weight excluding hydrogens is 598 g/mol. The molecule has 2 aromatic heterocycles. The fourth-order valence-electron chi connectivity index (χ4n) is 4.57. The summed E-state index contributed by atoms with van der Waals surface area (Å²) in [6, 6.07) is 17.7. The number of benzene rings is 3. The Balaban J connectivity index is 1.72. The molecular formula is C29H22F6N4O3S. The van der Waals surface area contributed by atoms with Crippen LogP contribution in [-0.4, -0.2) is 40.4 Å². The van der Waals surface area contributed by atoms with Crippen molar-refractivity contribution in [1.82, 2.24) is 19.3 Å². The second-order valence-corrected chi connectivity index (χ2v) is 11.7. The van der Waals surface area contributed by atoms with Crippen LogP contribution in [0.3, 0.4) is 0 Å². The van der Waals surface area contributed by atoms with Crippen molar-refractivity contribution < 1.29 is 39.5 Å². The van der Waals surface area contributed by atoms with Crippen molar-refractivity contribution in [3.05, 3.63) is 96.2 Å². The molecule has 224 valence electrons. The second kappa shape index (κ2) is 10.6. The fourth-order valence-corrected chi connectivity index (χ4v) is 5.23. The van der Waals surface area contributed by atoms with Crippen LogP contribution in [0, 0.1) is 13.8 Å². The van der Waals surface area contributed by atoms with Gasteiger partial charge in [-0.05, 0) is 79.6 Å². The molecule has 0 spiro atoms. The first-order chi connectivity index (χ1) is 20.0. The summed E-state index contributed by atoms with van der Waals surface area (Å²) in [4.78, 5) is 3.76. The molecule has 14 heteroatoms. The van der Waals surface area contributed by atoms with Gasteiger partial charge in [-0.3, -0.25) is 0 Å². The molecule has 0 amide bonds. The zero-order chi connectivity index (χ0) is 31.3. The second-order valence-electron chi connectivity index (χ2n) is 9.70. The highest BCUT2D eigenvalue weighted by Crippen LogP contribution is 2.37. The third-order valence-electron chi connectivity index (χ3n) is 6.45. The number of hydrogen-bond acceptors (Lipinski definition) is 5. The van der Waals surface area contributed by atoms with E-state index in [1.54, 1.807) is 43.3 Å². The van der Waals surface area contributed by atoms with Crippen LogP contribution in [0.4, 0.5) is 26.3 Å². The van der Waals surface area contributed by atoms with Crippen molar-refractivity contribution in [2.24, 2.45) is 0 Å². The number of rotatable bonds is 6. The van der Waals surface area contributed by atoms with Crippen molar-refractivity contribution in [2.75, 3.05) is 6.26 Å². The lowest BCUT2D eigenvalue weighted by Crippen LogP contribution is -2.17. The van der Waals surface area contributed by atoms with Gasteiger partial charge in [-0.15, -0.1) is 13.2 Å².